The molecule has 0 aromatic carbocycles. The SMILES string of the molecule is CCc1nn(C)c(NC(=O)N2CCC(OCc3cccnc3)CC2)c1C. The fourth-order valence-electron chi connectivity index (χ4n) is 3.30. The number of anilines is 1. The van der Waals surface area contributed by atoms with E-state index in [4.69, 9.17) is 4.74 Å². The molecular weight excluding hydrogens is 330 g/mol. The van der Waals surface area contributed by atoms with Crippen LogP contribution in [0, 0.1) is 6.92 Å². The Morgan fingerprint density at radius 3 is 2.77 bits per heavy atom. The van der Waals surface area contributed by atoms with Crippen molar-refractivity contribution >= 4 is 11.8 Å². The number of carbonyl (C=O) groups excluding carboxylic acids is 1. The van der Waals surface area contributed by atoms with Crippen LogP contribution < -0.4 is 5.32 Å². The highest BCUT2D eigenvalue weighted by Gasteiger charge is 2.24. The van der Waals surface area contributed by atoms with E-state index in [-0.39, 0.29) is 12.1 Å². The molecule has 7 nitrogen and oxygen atoms in total. The van der Waals surface area contributed by atoms with Crippen molar-refractivity contribution in [1.82, 2.24) is 19.7 Å². The topological polar surface area (TPSA) is 72.3 Å². The summed E-state index contributed by atoms with van der Waals surface area (Å²) in [5.41, 5.74) is 3.13. The van der Waals surface area contributed by atoms with Gasteiger partial charge in [-0.2, -0.15) is 5.10 Å². The average molecular weight is 357 g/mol. The third kappa shape index (κ3) is 4.22. The van der Waals surface area contributed by atoms with E-state index in [0.29, 0.717) is 19.7 Å². The number of ether oxygens (including phenoxy) is 1. The van der Waals surface area contributed by atoms with Crippen molar-refractivity contribution in [3.8, 4) is 0 Å². The lowest BCUT2D eigenvalue weighted by atomic mass is 10.1. The number of amides is 2. The lowest BCUT2D eigenvalue weighted by molar-refractivity contribution is 0.00528. The molecule has 1 aliphatic rings. The van der Waals surface area contributed by atoms with Crippen LogP contribution in [0.1, 0.15) is 36.6 Å². The van der Waals surface area contributed by atoms with Gasteiger partial charge >= 0.3 is 6.03 Å². The van der Waals surface area contributed by atoms with E-state index in [0.717, 1.165) is 41.9 Å². The zero-order valence-corrected chi connectivity index (χ0v) is 15.7. The maximum absolute atomic E-state index is 12.6. The number of aromatic nitrogens is 3. The summed E-state index contributed by atoms with van der Waals surface area (Å²) >= 11 is 0. The Morgan fingerprint density at radius 2 is 2.15 bits per heavy atom. The number of nitrogens with one attached hydrogen (secondary N) is 1. The summed E-state index contributed by atoms with van der Waals surface area (Å²) < 4.78 is 7.70. The predicted molar refractivity (Wildman–Crippen MR) is 100.0 cm³/mol. The number of urea groups is 1. The van der Waals surface area contributed by atoms with Gasteiger partial charge in [0.2, 0.25) is 0 Å². The molecule has 1 fully saturated rings. The molecule has 2 aromatic rings. The third-order valence-corrected chi connectivity index (χ3v) is 4.88. The first-order valence-electron chi connectivity index (χ1n) is 9.17. The molecule has 0 aliphatic carbocycles. The summed E-state index contributed by atoms with van der Waals surface area (Å²) in [6.45, 7) is 6.03. The molecule has 3 heterocycles. The summed E-state index contributed by atoms with van der Waals surface area (Å²) in [7, 11) is 1.86. The fourth-order valence-corrected chi connectivity index (χ4v) is 3.30. The second kappa shape index (κ2) is 8.31. The molecule has 140 valence electrons. The van der Waals surface area contributed by atoms with Crippen molar-refractivity contribution in [2.75, 3.05) is 18.4 Å². The lowest BCUT2D eigenvalue weighted by Crippen LogP contribution is -2.43. The molecular formula is C19H27N5O2. The van der Waals surface area contributed by atoms with Crippen LogP contribution in [0.25, 0.3) is 0 Å². The largest absolute Gasteiger partial charge is 0.373 e. The molecule has 0 radical (unpaired) electrons. The van der Waals surface area contributed by atoms with Gasteiger partial charge in [0.25, 0.3) is 0 Å². The second-order valence-electron chi connectivity index (χ2n) is 6.69. The number of carbonyl (C=O) groups is 1. The quantitative estimate of drug-likeness (QED) is 0.893. The van der Waals surface area contributed by atoms with Crippen LogP contribution in [0.4, 0.5) is 10.6 Å². The minimum atomic E-state index is -0.0653. The highest BCUT2D eigenvalue weighted by Crippen LogP contribution is 2.20. The maximum atomic E-state index is 12.6. The van der Waals surface area contributed by atoms with E-state index in [1.54, 1.807) is 10.9 Å². The minimum absolute atomic E-state index is 0.0653. The Labute approximate surface area is 154 Å². The Hall–Kier alpha value is -2.41. The van der Waals surface area contributed by atoms with Crippen LogP contribution >= 0.6 is 0 Å². The second-order valence-corrected chi connectivity index (χ2v) is 6.69. The number of nitrogens with zero attached hydrogens (tertiary/aromatic N) is 4. The molecule has 0 bridgehead atoms. The molecule has 1 aliphatic heterocycles. The number of piperidine rings is 1. The van der Waals surface area contributed by atoms with Crippen molar-refractivity contribution in [2.45, 2.75) is 45.8 Å². The van der Waals surface area contributed by atoms with Gasteiger partial charge in [0.05, 0.1) is 18.4 Å². The van der Waals surface area contributed by atoms with Gasteiger partial charge in [-0.25, -0.2) is 4.79 Å². The van der Waals surface area contributed by atoms with Gasteiger partial charge in [-0.05, 0) is 37.8 Å². The summed E-state index contributed by atoms with van der Waals surface area (Å²) in [5.74, 6) is 0.779. The fraction of sp³-hybridized carbons (Fsp3) is 0.526. The van der Waals surface area contributed by atoms with Gasteiger partial charge in [0.15, 0.2) is 0 Å². The highest BCUT2D eigenvalue weighted by molar-refractivity contribution is 5.89. The van der Waals surface area contributed by atoms with Crippen molar-refractivity contribution in [2.24, 2.45) is 7.05 Å². The molecule has 0 spiro atoms. The molecule has 3 rings (SSSR count). The first-order valence-corrected chi connectivity index (χ1v) is 9.17. The van der Waals surface area contributed by atoms with E-state index in [2.05, 4.69) is 22.3 Å². The van der Waals surface area contributed by atoms with Crippen LogP contribution in [0.2, 0.25) is 0 Å². The predicted octanol–water partition coefficient (Wildman–Crippen LogP) is 2.90. The van der Waals surface area contributed by atoms with Crippen LogP contribution in [-0.2, 0) is 24.8 Å². The summed E-state index contributed by atoms with van der Waals surface area (Å²) in [6, 6.07) is 3.86. The lowest BCUT2D eigenvalue weighted by Gasteiger charge is -2.32. The first kappa shape index (κ1) is 18.4. The molecule has 1 saturated heterocycles. The molecule has 26 heavy (non-hydrogen) atoms. The summed E-state index contributed by atoms with van der Waals surface area (Å²) in [6.07, 6.45) is 6.31. The van der Waals surface area contributed by atoms with E-state index in [9.17, 15) is 4.79 Å². The van der Waals surface area contributed by atoms with Crippen molar-refractivity contribution < 1.29 is 9.53 Å². The molecule has 7 heteroatoms. The number of hydrogen-bond acceptors (Lipinski definition) is 4. The highest BCUT2D eigenvalue weighted by atomic mass is 16.5. The van der Waals surface area contributed by atoms with Crippen molar-refractivity contribution in [3.05, 3.63) is 41.3 Å². The van der Waals surface area contributed by atoms with Crippen LogP contribution in [0.15, 0.2) is 24.5 Å². The average Bonchev–Trinajstić information content (AvgIpc) is 2.95. The van der Waals surface area contributed by atoms with Crippen LogP contribution in [0.3, 0.4) is 0 Å². The number of aryl methyl sites for hydroxylation is 2. The van der Waals surface area contributed by atoms with Gasteiger partial charge in [-0.1, -0.05) is 13.0 Å². The van der Waals surface area contributed by atoms with Gasteiger partial charge in [-0.15, -0.1) is 0 Å². The Kier molecular flexibility index (Phi) is 5.88. The van der Waals surface area contributed by atoms with E-state index in [1.165, 1.54) is 0 Å². The number of pyridine rings is 1. The molecule has 0 unspecified atom stereocenters. The number of hydrogen-bond donors (Lipinski definition) is 1. The first-order chi connectivity index (χ1) is 12.6. The zero-order valence-electron chi connectivity index (χ0n) is 15.7. The van der Waals surface area contributed by atoms with E-state index >= 15 is 0 Å². The molecule has 1 N–H and O–H groups in total. The van der Waals surface area contributed by atoms with Crippen LogP contribution in [0.5, 0.6) is 0 Å². The molecule has 0 atom stereocenters. The van der Waals surface area contributed by atoms with E-state index in [1.807, 2.05) is 37.2 Å². The Bertz CT molecular complexity index is 736. The smallest absolute Gasteiger partial charge is 0.323 e. The van der Waals surface area contributed by atoms with Gasteiger partial charge < -0.3 is 9.64 Å². The summed E-state index contributed by atoms with van der Waals surface area (Å²) in [4.78, 5) is 18.5. The van der Waals surface area contributed by atoms with E-state index < -0.39 is 0 Å². The zero-order chi connectivity index (χ0) is 18.5. The maximum Gasteiger partial charge on any atom is 0.323 e. The molecule has 2 amide bonds. The summed E-state index contributed by atoms with van der Waals surface area (Å²) in [5, 5.41) is 7.46. The third-order valence-electron chi connectivity index (χ3n) is 4.88. The van der Waals surface area contributed by atoms with Crippen LogP contribution in [-0.4, -0.2) is 44.9 Å². The van der Waals surface area contributed by atoms with Crippen molar-refractivity contribution in [3.63, 3.8) is 0 Å². The standard InChI is InChI=1S/C19H27N5O2/c1-4-17-14(2)18(23(3)22-17)21-19(25)24-10-7-16(8-11-24)26-13-15-6-5-9-20-12-15/h5-6,9,12,16H,4,7-8,10-11,13H2,1-3H3,(H,21,25). The number of rotatable bonds is 5. The monoisotopic (exact) mass is 357 g/mol. The van der Waals surface area contributed by atoms with Crippen molar-refractivity contribution in [1.29, 1.82) is 0 Å². The van der Waals surface area contributed by atoms with Gasteiger partial charge in [0.1, 0.15) is 5.82 Å². The molecule has 2 aromatic heterocycles. The van der Waals surface area contributed by atoms with Gasteiger partial charge in [0, 0.05) is 38.1 Å². The Morgan fingerprint density at radius 1 is 1.38 bits per heavy atom. The number of likely N-dealkylation sites (tertiary alicyclic amines) is 1. The van der Waals surface area contributed by atoms with Gasteiger partial charge in [-0.3, -0.25) is 15.0 Å². The molecule has 0 saturated carbocycles. The Balaban J connectivity index is 1.48. The minimum Gasteiger partial charge on any atom is -0.373 e. The normalized spacial score (nSPS) is 15.3.